The first kappa shape index (κ1) is 21.8. The number of rotatable bonds is 5. The Labute approximate surface area is 165 Å². The molecule has 0 saturated carbocycles. The Morgan fingerprint density at radius 2 is 1.92 bits per heavy atom. The van der Waals surface area contributed by atoms with E-state index >= 15 is 0 Å². The third kappa shape index (κ3) is 5.90. The van der Waals surface area contributed by atoms with Gasteiger partial charge in [-0.15, -0.1) is 24.8 Å². The monoisotopic (exact) mass is 404 g/mol. The SMILES string of the molecule is Cl.Cl.NCc1cccc(OCc2cnc(N3CCNCC3)c(Cl)c2)c1. The van der Waals surface area contributed by atoms with E-state index in [2.05, 4.69) is 15.2 Å². The molecule has 2 aromatic rings. The van der Waals surface area contributed by atoms with Gasteiger partial charge in [0.2, 0.25) is 0 Å². The maximum absolute atomic E-state index is 6.40. The first-order valence-corrected chi connectivity index (χ1v) is 8.16. The van der Waals surface area contributed by atoms with E-state index in [1.165, 1.54) is 0 Å². The summed E-state index contributed by atoms with van der Waals surface area (Å²) in [6.07, 6.45) is 1.83. The first-order valence-electron chi connectivity index (χ1n) is 7.78. The summed E-state index contributed by atoms with van der Waals surface area (Å²) >= 11 is 6.40. The smallest absolute Gasteiger partial charge is 0.147 e. The fourth-order valence-electron chi connectivity index (χ4n) is 2.59. The molecule has 0 atom stereocenters. The van der Waals surface area contributed by atoms with E-state index in [4.69, 9.17) is 22.1 Å². The third-order valence-corrected chi connectivity index (χ3v) is 4.11. The number of aromatic nitrogens is 1. The van der Waals surface area contributed by atoms with Crippen LogP contribution in [0.3, 0.4) is 0 Å². The van der Waals surface area contributed by atoms with Gasteiger partial charge in [0.05, 0.1) is 5.02 Å². The minimum Gasteiger partial charge on any atom is -0.489 e. The van der Waals surface area contributed by atoms with Crippen LogP contribution in [0.25, 0.3) is 0 Å². The van der Waals surface area contributed by atoms with Gasteiger partial charge in [0.1, 0.15) is 18.2 Å². The number of pyridine rings is 1. The minimum absolute atomic E-state index is 0. The molecule has 2 heterocycles. The standard InChI is InChI=1S/C17H21ClN4O.2ClH/c18-16-9-14(11-21-17(16)22-6-4-20-5-7-22)12-23-15-3-1-2-13(8-15)10-19;;/h1-3,8-9,11,20H,4-7,10,12,19H2;2*1H. The number of piperazine rings is 1. The molecule has 8 heteroatoms. The Balaban J connectivity index is 0.00000156. The van der Waals surface area contributed by atoms with Crippen LogP contribution in [-0.4, -0.2) is 31.2 Å². The van der Waals surface area contributed by atoms with Crippen molar-refractivity contribution in [2.24, 2.45) is 5.73 Å². The Kier molecular flexibility index (Phi) is 9.32. The summed E-state index contributed by atoms with van der Waals surface area (Å²) in [6, 6.07) is 9.72. The number of hydrogen-bond donors (Lipinski definition) is 2. The molecule has 0 aliphatic carbocycles. The van der Waals surface area contributed by atoms with E-state index in [0.717, 1.165) is 48.9 Å². The highest BCUT2D eigenvalue weighted by molar-refractivity contribution is 6.33. The third-order valence-electron chi connectivity index (χ3n) is 3.83. The Morgan fingerprint density at radius 3 is 2.60 bits per heavy atom. The first-order chi connectivity index (χ1) is 11.3. The van der Waals surface area contributed by atoms with Gasteiger partial charge >= 0.3 is 0 Å². The number of benzene rings is 1. The van der Waals surface area contributed by atoms with Gasteiger partial charge in [-0.2, -0.15) is 0 Å². The van der Waals surface area contributed by atoms with Crippen molar-refractivity contribution >= 4 is 42.2 Å². The van der Waals surface area contributed by atoms with Gasteiger partial charge in [-0.25, -0.2) is 4.98 Å². The molecule has 1 aliphatic heterocycles. The number of nitrogens with zero attached hydrogens (tertiary/aromatic N) is 2. The van der Waals surface area contributed by atoms with E-state index in [1.54, 1.807) is 0 Å². The van der Waals surface area contributed by atoms with Crippen molar-refractivity contribution in [1.29, 1.82) is 0 Å². The average Bonchev–Trinajstić information content (AvgIpc) is 2.61. The fraction of sp³-hybridized carbons (Fsp3) is 0.353. The molecular formula is C17H23Cl3N4O. The maximum Gasteiger partial charge on any atom is 0.147 e. The summed E-state index contributed by atoms with van der Waals surface area (Å²) in [4.78, 5) is 6.72. The summed E-state index contributed by atoms with van der Waals surface area (Å²) in [5, 5.41) is 3.99. The fourth-order valence-corrected chi connectivity index (χ4v) is 2.90. The molecule has 1 fully saturated rings. The van der Waals surface area contributed by atoms with Crippen LogP contribution in [0.2, 0.25) is 5.02 Å². The molecule has 5 nitrogen and oxygen atoms in total. The molecule has 1 saturated heterocycles. The van der Waals surface area contributed by atoms with E-state index in [0.29, 0.717) is 18.2 Å². The van der Waals surface area contributed by atoms with Crippen molar-refractivity contribution in [3.63, 3.8) is 0 Å². The predicted molar refractivity (Wildman–Crippen MR) is 107 cm³/mol. The average molecular weight is 406 g/mol. The number of halogens is 3. The minimum atomic E-state index is 0. The summed E-state index contributed by atoms with van der Waals surface area (Å²) in [5.41, 5.74) is 7.64. The lowest BCUT2D eigenvalue weighted by atomic mass is 10.2. The summed E-state index contributed by atoms with van der Waals surface area (Å²) in [6.45, 7) is 4.70. The second kappa shape index (κ2) is 10.7. The number of nitrogens with two attached hydrogens (primary N) is 1. The molecular weight excluding hydrogens is 383 g/mol. The van der Waals surface area contributed by atoms with Gasteiger partial charge in [-0.3, -0.25) is 0 Å². The molecule has 0 radical (unpaired) electrons. The highest BCUT2D eigenvalue weighted by Gasteiger charge is 2.15. The Morgan fingerprint density at radius 1 is 1.16 bits per heavy atom. The normalized spacial score (nSPS) is 13.6. The molecule has 0 unspecified atom stereocenters. The van der Waals surface area contributed by atoms with Gasteiger partial charge < -0.3 is 20.7 Å². The van der Waals surface area contributed by atoms with Gasteiger partial charge in [-0.05, 0) is 23.8 Å². The number of anilines is 1. The van der Waals surface area contributed by atoms with Crippen LogP contribution in [0.1, 0.15) is 11.1 Å². The second-order valence-corrected chi connectivity index (χ2v) is 5.93. The van der Waals surface area contributed by atoms with Gasteiger partial charge in [0.15, 0.2) is 0 Å². The summed E-state index contributed by atoms with van der Waals surface area (Å²) < 4.78 is 5.80. The van der Waals surface area contributed by atoms with Crippen LogP contribution < -0.4 is 20.7 Å². The van der Waals surface area contributed by atoms with E-state index in [9.17, 15) is 0 Å². The molecule has 1 aliphatic rings. The van der Waals surface area contributed by atoms with Crippen LogP contribution in [0.5, 0.6) is 5.75 Å². The van der Waals surface area contributed by atoms with Crippen molar-refractivity contribution in [3.05, 3.63) is 52.7 Å². The van der Waals surface area contributed by atoms with Crippen LogP contribution in [0.4, 0.5) is 5.82 Å². The van der Waals surface area contributed by atoms with Gasteiger partial charge in [0.25, 0.3) is 0 Å². The van der Waals surface area contributed by atoms with Crippen LogP contribution in [0, 0.1) is 0 Å². The Bertz CT molecular complexity index is 666. The molecule has 0 bridgehead atoms. The summed E-state index contributed by atoms with van der Waals surface area (Å²) in [5.74, 6) is 1.65. The van der Waals surface area contributed by atoms with Crippen molar-refractivity contribution in [2.75, 3.05) is 31.1 Å². The molecule has 138 valence electrons. The number of hydrogen-bond acceptors (Lipinski definition) is 5. The predicted octanol–water partition coefficient (Wildman–Crippen LogP) is 3.03. The van der Waals surface area contributed by atoms with E-state index in [-0.39, 0.29) is 24.8 Å². The highest BCUT2D eigenvalue weighted by atomic mass is 35.5. The lowest BCUT2D eigenvalue weighted by Gasteiger charge is -2.29. The van der Waals surface area contributed by atoms with Crippen molar-refractivity contribution in [1.82, 2.24) is 10.3 Å². The molecule has 0 amide bonds. The van der Waals surface area contributed by atoms with Crippen molar-refractivity contribution < 1.29 is 4.74 Å². The molecule has 0 spiro atoms. The van der Waals surface area contributed by atoms with E-state index in [1.807, 2.05) is 36.5 Å². The maximum atomic E-state index is 6.40. The number of nitrogens with one attached hydrogen (secondary N) is 1. The zero-order valence-corrected chi connectivity index (χ0v) is 16.2. The molecule has 3 N–H and O–H groups in total. The zero-order valence-electron chi connectivity index (χ0n) is 13.8. The molecule has 25 heavy (non-hydrogen) atoms. The largest absolute Gasteiger partial charge is 0.489 e. The number of ether oxygens (including phenoxy) is 1. The van der Waals surface area contributed by atoms with Crippen LogP contribution in [-0.2, 0) is 13.2 Å². The lowest BCUT2D eigenvalue weighted by Crippen LogP contribution is -2.44. The second-order valence-electron chi connectivity index (χ2n) is 5.53. The van der Waals surface area contributed by atoms with Crippen LogP contribution >= 0.6 is 36.4 Å². The van der Waals surface area contributed by atoms with Crippen LogP contribution in [0.15, 0.2) is 36.5 Å². The molecule has 1 aromatic heterocycles. The lowest BCUT2D eigenvalue weighted by molar-refractivity contribution is 0.305. The Hall–Kier alpha value is -1.24. The van der Waals surface area contributed by atoms with Gasteiger partial charge in [0, 0.05) is 44.5 Å². The zero-order chi connectivity index (χ0) is 16.1. The topological polar surface area (TPSA) is 63.4 Å². The molecule has 3 rings (SSSR count). The van der Waals surface area contributed by atoms with Crippen molar-refractivity contribution in [3.8, 4) is 5.75 Å². The van der Waals surface area contributed by atoms with E-state index < -0.39 is 0 Å². The summed E-state index contributed by atoms with van der Waals surface area (Å²) in [7, 11) is 0. The van der Waals surface area contributed by atoms with Gasteiger partial charge in [-0.1, -0.05) is 23.7 Å². The molecule has 1 aromatic carbocycles. The quantitative estimate of drug-likeness (QED) is 0.800. The van der Waals surface area contributed by atoms with Crippen molar-refractivity contribution in [2.45, 2.75) is 13.2 Å². The highest BCUT2D eigenvalue weighted by Crippen LogP contribution is 2.25.